The van der Waals surface area contributed by atoms with Gasteiger partial charge in [-0.25, -0.2) is 0 Å². The van der Waals surface area contributed by atoms with Crippen LogP contribution in [0.25, 0.3) is 0 Å². The van der Waals surface area contributed by atoms with Crippen LogP contribution in [-0.2, 0) is 4.79 Å². The molecule has 0 aromatic heterocycles. The van der Waals surface area contributed by atoms with Crippen molar-refractivity contribution in [1.29, 1.82) is 0 Å². The lowest BCUT2D eigenvalue weighted by Gasteiger charge is -2.23. The second-order valence-corrected chi connectivity index (χ2v) is 3.43. The second-order valence-electron chi connectivity index (χ2n) is 3.43. The molecule has 0 saturated heterocycles. The molecule has 0 rings (SSSR count). The number of halogens is 3. The first-order valence-electron chi connectivity index (χ1n) is 4.26. The van der Waals surface area contributed by atoms with Crippen molar-refractivity contribution in [1.82, 2.24) is 5.32 Å². The maximum absolute atomic E-state index is 11.7. The molecule has 3 nitrogen and oxygen atoms in total. The molecule has 0 aromatic carbocycles. The highest BCUT2D eigenvalue weighted by atomic mass is 19.4. The summed E-state index contributed by atoms with van der Waals surface area (Å²) in [4.78, 5) is 10.4. The van der Waals surface area contributed by atoms with E-state index in [1.165, 1.54) is 6.92 Å². The lowest BCUT2D eigenvalue weighted by atomic mass is 10.0. The molecule has 0 saturated carbocycles. The van der Waals surface area contributed by atoms with Gasteiger partial charge in [-0.05, 0) is 13.3 Å². The number of hydrogen-bond donors (Lipinski definition) is 2. The number of amides is 1. The minimum absolute atomic E-state index is 0.338. The molecule has 0 aromatic rings. The van der Waals surface area contributed by atoms with Crippen LogP contribution in [-0.4, -0.2) is 29.3 Å². The van der Waals surface area contributed by atoms with Gasteiger partial charge < -0.3 is 10.4 Å². The predicted octanol–water partition coefficient (Wildman–Crippen LogP) is 1.22. The lowest BCUT2D eigenvalue weighted by molar-refractivity contribution is -0.174. The summed E-state index contributed by atoms with van der Waals surface area (Å²) in [5, 5.41) is 11.1. The summed E-state index contributed by atoms with van der Waals surface area (Å²) in [6.45, 7) is 2.78. The zero-order chi connectivity index (χ0) is 11.4. The van der Waals surface area contributed by atoms with E-state index in [9.17, 15) is 23.1 Å². The average Bonchev–Trinajstić information content (AvgIpc) is 1.98. The van der Waals surface area contributed by atoms with Crippen molar-refractivity contribution in [3.63, 3.8) is 0 Å². The quantitative estimate of drug-likeness (QED) is 0.737. The Kier molecular flexibility index (Phi) is 4.38. The Labute approximate surface area is 80.3 Å². The molecule has 6 heteroatoms. The molecule has 2 N–H and O–H groups in total. The number of alkyl halides is 3. The fourth-order valence-electron chi connectivity index (χ4n) is 0.998. The summed E-state index contributed by atoms with van der Waals surface area (Å²) in [6, 6.07) is 0. The van der Waals surface area contributed by atoms with Crippen molar-refractivity contribution in [2.75, 3.05) is 6.54 Å². The summed E-state index contributed by atoms with van der Waals surface area (Å²) in [5.74, 6) is -2.02. The number of carbonyl (C=O) groups is 1. The van der Waals surface area contributed by atoms with E-state index in [2.05, 4.69) is 0 Å². The fraction of sp³-hybridized carbons (Fsp3) is 0.875. The van der Waals surface area contributed by atoms with Crippen LogP contribution in [0.5, 0.6) is 0 Å². The Morgan fingerprint density at radius 2 is 1.93 bits per heavy atom. The Balaban J connectivity index is 4.00. The fourth-order valence-corrected chi connectivity index (χ4v) is 0.998. The van der Waals surface area contributed by atoms with Crippen molar-refractivity contribution in [3.8, 4) is 0 Å². The molecule has 84 valence electrons. The summed E-state index contributed by atoms with van der Waals surface area (Å²) in [7, 11) is 0. The molecule has 1 amide bonds. The largest absolute Gasteiger partial charge is 0.471 e. The maximum atomic E-state index is 11.7. The van der Waals surface area contributed by atoms with Crippen LogP contribution in [0.3, 0.4) is 0 Å². The highest BCUT2D eigenvalue weighted by molar-refractivity contribution is 5.81. The van der Waals surface area contributed by atoms with E-state index in [4.69, 9.17) is 0 Å². The summed E-state index contributed by atoms with van der Waals surface area (Å²) in [6.07, 6.45) is -3.91. The van der Waals surface area contributed by atoms with E-state index >= 15 is 0 Å². The molecule has 1 unspecified atom stereocenters. The highest BCUT2D eigenvalue weighted by Gasteiger charge is 2.39. The van der Waals surface area contributed by atoms with Gasteiger partial charge in [0.15, 0.2) is 0 Å². The first-order chi connectivity index (χ1) is 6.19. The third-order valence-electron chi connectivity index (χ3n) is 1.68. The van der Waals surface area contributed by atoms with E-state index in [0.29, 0.717) is 12.8 Å². The molecular weight excluding hydrogens is 199 g/mol. The molecule has 0 radical (unpaired) electrons. The molecule has 0 aliphatic rings. The van der Waals surface area contributed by atoms with Crippen LogP contribution in [0, 0.1) is 0 Å². The van der Waals surface area contributed by atoms with Crippen LogP contribution in [0.4, 0.5) is 13.2 Å². The average molecular weight is 213 g/mol. The zero-order valence-electron chi connectivity index (χ0n) is 8.11. The van der Waals surface area contributed by atoms with Gasteiger partial charge in [-0.2, -0.15) is 13.2 Å². The van der Waals surface area contributed by atoms with E-state index in [-0.39, 0.29) is 6.54 Å². The van der Waals surface area contributed by atoms with Crippen LogP contribution in [0.2, 0.25) is 0 Å². The highest BCUT2D eigenvalue weighted by Crippen LogP contribution is 2.15. The van der Waals surface area contributed by atoms with E-state index < -0.39 is 17.7 Å². The molecule has 14 heavy (non-hydrogen) atoms. The molecule has 0 heterocycles. The van der Waals surface area contributed by atoms with Crippen LogP contribution < -0.4 is 5.32 Å². The maximum Gasteiger partial charge on any atom is 0.471 e. The molecule has 0 aliphatic carbocycles. The molecule has 0 spiro atoms. The smallest absolute Gasteiger partial charge is 0.388 e. The molecule has 0 bridgehead atoms. The Bertz CT molecular complexity index is 201. The topological polar surface area (TPSA) is 49.3 Å². The number of rotatable bonds is 4. The van der Waals surface area contributed by atoms with Gasteiger partial charge >= 0.3 is 12.1 Å². The Morgan fingerprint density at radius 3 is 2.29 bits per heavy atom. The van der Waals surface area contributed by atoms with Gasteiger partial charge in [0.2, 0.25) is 0 Å². The van der Waals surface area contributed by atoms with Gasteiger partial charge in [-0.15, -0.1) is 0 Å². The van der Waals surface area contributed by atoms with Crippen molar-refractivity contribution >= 4 is 5.91 Å². The Morgan fingerprint density at radius 1 is 1.43 bits per heavy atom. The predicted molar refractivity (Wildman–Crippen MR) is 44.6 cm³/mol. The SMILES string of the molecule is CCCC(C)(O)CNC(=O)C(F)(F)F. The van der Waals surface area contributed by atoms with Crippen molar-refractivity contribution in [2.24, 2.45) is 0 Å². The minimum atomic E-state index is -4.89. The van der Waals surface area contributed by atoms with Gasteiger partial charge in [0.25, 0.3) is 0 Å². The normalized spacial score (nSPS) is 16.1. The van der Waals surface area contributed by atoms with Gasteiger partial charge in [0.05, 0.1) is 5.60 Å². The van der Waals surface area contributed by atoms with Gasteiger partial charge in [0, 0.05) is 6.54 Å². The van der Waals surface area contributed by atoms with Crippen molar-refractivity contribution in [2.45, 2.75) is 38.5 Å². The number of carbonyl (C=O) groups excluding carboxylic acids is 1. The summed E-state index contributed by atoms with van der Waals surface area (Å²) in [5.41, 5.74) is -1.28. The van der Waals surface area contributed by atoms with Crippen LogP contribution in [0.15, 0.2) is 0 Å². The second kappa shape index (κ2) is 4.63. The van der Waals surface area contributed by atoms with Crippen molar-refractivity contribution < 1.29 is 23.1 Å². The molecule has 0 fully saturated rings. The monoisotopic (exact) mass is 213 g/mol. The van der Waals surface area contributed by atoms with E-state index in [0.717, 1.165) is 0 Å². The first kappa shape index (κ1) is 13.2. The van der Waals surface area contributed by atoms with Crippen molar-refractivity contribution in [3.05, 3.63) is 0 Å². The van der Waals surface area contributed by atoms with Gasteiger partial charge in [0.1, 0.15) is 0 Å². The van der Waals surface area contributed by atoms with Gasteiger partial charge in [-0.1, -0.05) is 13.3 Å². The standard InChI is InChI=1S/C8H14F3NO2/c1-3-4-7(2,14)5-12-6(13)8(9,10)11/h14H,3-5H2,1-2H3,(H,12,13). The number of hydrogen-bond acceptors (Lipinski definition) is 2. The third kappa shape index (κ3) is 5.06. The lowest BCUT2D eigenvalue weighted by Crippen LogP contribution is -2.45. The number of nitrogens with one attached hydrogen (secondary N) is 1. The van der Waals surface area contributed by atoms with Gasteiger partial charge in [-0.3, -0.25) is 4.79 Å². The molecular formula is C8H14F3NO2. The summed E-state index contributed by atoms with van der Waals surface area (Å²) >= 11 is 0. The zero-order valence-corrected chi connectivity index (χ0v) is 8.11. The molecule has 0 aliphatic heterocycles. The van der Waals surface area contributed by atoms with Crippen LogP contribution >= 0.6 is 0 Å². The molecule has 1 atom stereocenters. The van der Waals surface area contributed by atoms with E-state index in [1.54, 1.807) is 12.2 Å². The first-order valence-corrected chi connectivity index (χ1v) is 4.26. The third-order valence-corrected chi connectivity index (χ3v) is 1.68. The van der Waals surface area contributed by atoms with Crippen LogP contribution in [0.1, 0.15) is 26.7 Å². The number of aliphatic hydroxyl groups is 1. The van der Waals surface area contributed by atoms with E-state index in [1.807, 2.05) is 0 Å². The summed E-state index contributed by atoms with van der Waals surface area (Å²) < 4.78 is 35.1. The minimum Gasteiger partial charge on any atom is -0.388 e. The Hall–Kier alpha value is -0.780.